The van der Waals surface area contributed by atoms with E-state index in [9.17, 15) is 10.1 Å². The van der Waals surface area contributed by atoms with Crippen LogP contribution in [0.4, 0.5) is 0 Å². The van der Waals surface area contributed by atoms with Gasteiger partial charge < -0.3 is 10.1 Å². The fourth-order valence-electron chi connectivity index (χ4n) is 3.93. The maximum Gasteiger partial charge on any atom is 0.262 e. The third-order valence-corrected chi connectivity index (χ3v) is 7.19. The summed E-state index contributed by atoms with van der Waals surface area (Å²) in [5.74, 6) is 0.520. The summed E-state index contributed by atoms with van der Waals surface area (Å²) in [6.45, 7) is 0.471. The zero-order valence-electron chi connectivity index (χ0n) is 17.4. The monoisotopic (exact) mass is 648 g/mol. The van der Waals surface area contributed by atoms with E-state index >= 15 is 0 Å². The van der Waals surface area contributed by atoms with Gasteiger partial charge in [0.05, 0.1) is 7.14 Å². The maximum absolute atomic E-state index is 12.5. The Hall–Kier alpha value is -2.12. The largest absolute Gasteiger partial charge is 0.487 e. The number of hydrogen-bond acceptors (Lipinski definition) is 3. The zero-order valence-corrected chi connectivity index (χ0v) is 21.7. The van der Waals surface area contributed by atoms with E-state index < -0.39 is 0 Å². The number of amides is 1. The van der Waals surface area contributed by atoms with Crippen molar-refractivity contribution in [1.82, 2.24) is 5.32 Å². The molecule has 0 unspecified atom stereocenters. The van der Waals surface area contributed by atoms with Crippen LogP contribution in [0.3, 0.4) is 0 Å². The van der Waals surface area contributed by atoms with E-state index in [1.54, 1.807) is 6.08 Å². The lowest BCUT2D eigenvalue weighted by atomic mass is 10.1. The lowest BCUT2D eigenvalue weighted by molar-refractivity contribution is -0.117. The third-order valence-electron chi connectivity index (χ3n) is 5.58. The molecule has 3 aromatic carbocycles. The molecule has 0 radical (unpaired) electrons. The third kappa shape index (κ3) is 5.62. The van der Waals surface area contributed by atoms with Gasteiger partial charge in [-0.1, -0.05) is 49.2 Å². The van der Waals surface area contributed by atoms with Crippen LogP contribution in [0.15, 0.2) is 60.2 Å². The number of nitrogens with one attached hydrogen (secondary N) is 1. The lowest BCUT2D eigenvalue weighted by Gasteiger charge is -2.13. The molecule has 0 aromatic heterocycles. The summed E-state index contributed by atoms with van der Waals surface area (Å²) in [7, 11) is 0. The first kappa shape index (κ1) is 23.1. The normalized spacial score (nSPS) is 14.3. The Morgan fingerprint density at radius 3 is 2.44 bits per heavy atom. The maximum atomic E-state index is 12.5. The van der Waals surface area contributed by atoms with Gasteiger partial charge in [-0.15, -0.1) is 0 Å². The number of fused-ring (bicyclic) bond motifs is 1. The van der Waals surface area contributed by atoms with Crippen LogP contribution in [0.5, 0.6) is 5.75 Å². The molecule has 32 heavy (non-hydrogen) atoms. The van der Waals surface area contributed by atoms with E-state index in [-0.39, 0.29) is 17.5 Å². The molecular weight excluding hydrogens is 626 g/mol. The summed E-state index contributed by atoms with van der Waals surface area (Å²) in [5, 5.41) is 14.9. The number of carbonyl (C=O) groups excluding carboxylic acids is 1. The predicted octanol–water partition coefficient (Wildman–Crippen LogP) is 6.59. The first-order chi connectivity index (χ1) is 15.5. The second-order valence-corrected chi connectivity index (χ2v) is 10.2. The van der Waals surface area contributed by atoms with E-state index in [1.807, 2.05) is 24.3 Å². The summed E-state index contributed by atoms with van der Waals surface area (Å²) < 4.78 is 8.02. The molecule has 1 fully saturated rings. The Morgan fingerprint density at radius 2 is 1.75 bits per heavy atom. The number of halogens is 2. The highest BCUT2D eigenvalue weighted by Gasteiger charge is 2.19. The molecule has 0 spiro atoms. The minimum absolute atomic E-state index is 0.133. The Balaban J connectivity index is 1.48. The Labute approximate surface area is 215 Å². The van der Waals surface area contributed by atoms with Crippen LogP contribution in [0, 0.1) is 18.5 Å². The fraction of sp³-hybridized carbons (Fsp3) is 0.231. The van der Waals surface area contributed by atoms with Crippen molar-refractivity contribution in [3.8, 4) is 11.8 Å². The summed E-state index contributed by atoms with van der Waals surface area (Å²) >= 11 is 4.48. The molecule has 1 aliphatic rings. The van der Waals surface area contributed by atoms with E-state index in [0.29, 0.717) is 6.61 Å². The van der Waals surface area contributed by atoms with E-state index in [4.69, 9.17) is 4.74 Å². The molecule has 0 heterocycles. The Bertz CT molecular complexity index is 1200. The second-order valence-electron chi connectivity index (χ2n) is 7.91. The molecule has 0 atom stereocenters. The fourth-order valence-corrected chi connectivity index (χ4v) is 6.06. The first-order valence-electron chi connectivity index (χ1n) is 10.6. The minimum atomic E-state index is -0.291. The summed E-state index contributed by atoms with van der Waals surface area (Å²) in [6.07, 6.45) is 5.90. The van der Waals surface area contributed by atoms with Gasteiger partial charge >= 0.3 is 0 Å². The van der Waals surface area contributed by atoms with Crippen molar-refractivity contribution >= 4 is 67.9 Å². The van der Waals surface area contributed by atoms with Gasteiger partial charge in [0.1, 0.15) is 24.0 Å². The van der Waals surface area contributed by atoms with Crippen LogP contribution in [0.2, 0.25) is 0 Å². The van der Waals surface area contributed by atoms with Crippen molar-refractivity contribution < 1.29 is 9.53 Å². The van der Waals surface area contributed by atoms with Crippen molar-refractivity contribution in [2.75, 3.05) is 0 Å². The number of benzene rings is 3. The zero-order chi connectivity index (χ0) is 22.5. The molecule has 4 nitrogen and oxygen atoms in total. The number of ether oxygens (including phenoxy) is 1. The molecule has 1 aliphatic carbocycles. The minimum Gasteiger partial charge on any atom is -0.487 e. The van der Waals surface area contributed by atoms with Crippen molar-refractivity contribution in [2.45, 2.75) is 38.3 Å². The highest BCUT2D eigenvalue weighted by Crippen LogP contribution is 2.31. The molecule has 6 heteroatoms. The summed E-state index contributed by atoms with van der Waals surface area (Å²) in [6, 6.07) is 20.7. The SMILES string of the molecule is N#C/C(=C/c1cc(I)c(OCc2ccc3ccccc3c2)c(I)c1)C(=O)NC1CCCC1. The molecule has 1 amide bonds. The highest BCUT2D eigenvalue weighted by atomic mass is 127. The van der Waals surface area contributed by atoms with Crippen LogP contribution in [-0.2, 0) is 11.4 Å². The highest BCUT2D eigenvalue weighted by molar-refractivity contribution is 14.1. The number of rotatable bonds is 6. The van der Waals surface area contributed by atoms with Crippen molar-refractivity contribution in [1.29, 1.82) is 5.26 Å². The first-order valence-corrected chi connectivity index (χ1v) is 12.7. The van der Waals surface area contributed by atoms with Gasteiger partial charge in [0.25, 0.3) is 5.91 Å². The van der Waals surface area contributed by atoms with Gasteiger partial charge in [-0.25, -0.2) is 0 Å². The average molecular weight is 648 g/mol. The lowest BCUT2D eigenvalue weighted by Crippen LogP contribution is -2.33. The summed E-state index contributed by atoms with van der Waals surface area (Å²) in [4.78, 5) is 12.5. The smallest absolute Gasteiger partial charge is 0.262 e. The molecular formula is C26H22I2N2O2. The van der Waals surface area contributed by atoms with Crippen LogP contribution in [0.25, 0.3) is 16.8 Å². The standard InChI is InChI=1S/C26H22I2N2O2/c27-23-13-18(12-21(15-29)26(31)30-22-7-3-4-8-22)14-24(28)25(23)32-16-17-9-10-19-5-1-2-6-20(19)11-17/h1-2,5-6,9-14,22H,3-4,7-8,16H2,(H,30,31)/b21-12-. The molecule has 0 aliphatic heterocycles. The molecule has 0 saturated heterocycles. The van der Waals surface area contributed by atoms with E-state index in [2.05, 4.69) is 86.9 Å². The number of carbonyl (C=O) groups is 1. The van der Waals surface area contributed by atoms with Crippen molar-refractivity contribution in [3.63, 3.8) is 0 Å². The average Bonchev–Trinajstić information content (AvgIpc) is 3.29. The van der Waals surface area contributed by atoms with Gasteiger partial charge in [-0.2, -0.15) is 5.26 Å². The molecule has 0 bridgehead atoms. The van der Waals surface area contributed by atoms with Crippen LogP contribution in [-0.4, -0.2) is 11.9 Å². The van der Waals surface area contributed by atoms with Crippen LogP contribution in [0.1, 0.15) is 36.8 Å². The number of hydrogen-bond donors (Lipinski definition) is 1. The number of nitriles is 1. The van der Waals surface area contributed by atoms with Gasteiger partial charge in [0, 0.05) is 6.04 Å². The molecule has 1 saturated carbocycles. The quantitative estimate of drug-likeness (QED) is 0.187. The Kier molecular flexibility index (Phi) is 7.68. The van der Waals surface area contributed by atoms with Crippen LogP contribution >= 0.6 is 45.2 Å². The van der Waals surface area contributed by atoms with Crippen LogP contribution < -0.4 is 10.1 Å². The van der Waals surface area contributed by atoms with Crippen molar-refractivity contribution in [3.05, 3.63) is 78.4 Å². The van der Waals surface area contributed by atoms with Gasteiger partial charge in [-0.3, -0.25) is 4.79 Å². The van der Waals surface area contributed by atoms with Gasteiger partial charge in [0.15, 0.2) is 0 Å². The molecule has 1 N–H and O–H groups in total. The topological polar surface area (TPSA) is 62.1 Å². The molecule has 162 valence electrons. The summed E-state index contributed by atoms with van der Waals surface area (Å²) in [5.41, 5.74) is 2.05. The van der Waals surface area contributed by atoms with Gasteiger partial charge in [-0.05, 0) is 104 Å². The number of nitrogens with zero attached hydrogens (tertiary/aromatic N) is 1. The molecule has 4 rings (SSSR count). The predicted molar refractivity (Wildman–Crippen MR) is 144 cm³/mol. The van der Waals surface area contributed by atoms with E-state index in [0.717, 1.165) is 49.7 Å². The van der Waals surface area contributed by atoms with Gasteiger partial charge in [0.2, 0.25) is 0 Å². The van der Waals surface area contributed by atoms with Crippen molar-refractivity contribution in [2.24, 2.45) is 0 Å². The second kappa shape index (κ2) is 10.7. The van der Waals surface area contributed by atoms with E-state index in [1.165, 1.54) is 10.8 Å². The Morgan fingerprint density at radius 1 is 1.06 bits per heavy atom. The molecule has 3 aromatic rings.